The largest absolute Gasteiger partial charge is 0.433 e. The molecule has 0 saturated heterocycles. The fraction of sp³-hybridized carbons (Fsp3) is 0.417. The van der Waals surface area contributed by atoms with E-state index >= 15 is 0 Å². The van der Waals surface area contributed by atoms with E-state index in [-0.39, 0.29) is 29.8 Å². The summed E-state index contributed by atoms with van der Waals surface area (Å²) in [4.78, 5) is 11.5. The van der Waals surface area contributed by atoms with E-state index in [4.69, 9.17) is 5.73 Å². The topological polar surface area (TPSA) is 64.4 Å². The molecule has 4 nitrogen and oxygen atoms in total. The van der Waals surface area contributed by atoms with Crippen molar-refractivity contribution in [3.8, 4) is 5.75 Å². The highest BCUT2D eigenvalue weighted by molar-refractivity contribution is 5.92. The molecule has 0 radical (unpaired) electrons. The van der Waals surface area contributed by atoms with Crippen LogP contribution in [0.3, 0.4) is 0 Å². The molecule has 0 aromatic heterocycles. The Balaban J connectivity index is 2.63. The summed E-state index contributed by atoms with van der Waals surface area (Å²) in [5.74, 6) is -0.334. The Labute approximate surface area is 104 Å². The highest BCUT2D eigenvalue weighted by Gasteiger charge is 2.11. The Morgan fingerprint density at radius 1 is 1.44 bits per heavy atom. The molecule has 1 aromatic carbocycles. The molecule has 3 N–H and O–H groups in total. The standard InChI is InChI=1S/C12H16F2N2O2/c1-8(15)6-7-11(17)16-9-4-2-3-5-10(9)18-12(13)14/h2-5,8,12H,6-7,15H2,1H3,(H,16,17). The van der Waals surface area contributed by atoms with E-state index in [0.717, 1.165) is 0 Å². The van der Waals surface area contributed by atoms with Crippen LogP contribution in [0.5, 0.6) is 5.75 Å². The number of anilines is 1. The first-order valence-corrected chi connectivity index (χ1v) is 5.58. The summed E-state index contributed by atoms with van der Waals surface area (Å²) in [6.07, 6.45) is 0.768. The van der Waals surface area contributed by atoms with Crippen molar-refractivity contribution in [1.29, 1.82) is 0 Å². The van der Waals surface area contributed by atoms with Crippen molar-refractivity contribution in [3.63, 3.8) is 0 Å². The second-order valence-corrected chi connectivity index (χ2v) is 3.94. The normalized spacial score (nSPS) is 12.3. The molecule has 0 aliphatic carbocycles. The van der Waals surface area contributed by atoms with Crippen molar-refractivity contribution in [2.45, 2.75) is 32.4 Å². The van der Waals surface area contributed by atoms with E-state index in [1.54, 1.807) is 19.1 Å². The van der Waals surface area contributed by atoms with Crippen LogP contribution < -0.4 is 15.8 Å². The molecule has 18 heavy (non-hydrogen) atoms. The number of hydrogen-bond acceptors (Lipinski definition) is 3. The number of alkyl halides is 2. The SMILES string of the molecule is CC(N)CCC(=O)Nc1ccccc1OC(F)F. The maximum Gasteiger partial charge on any atom is 0.387 e. The molecule has 0 bridgehead atoms. The van der Waals surface area contributed by atoms with E-state index in [2.05, 4.69) is 10.1 Å². The van der Waals surface area contributed by atoms with Crippen molar-refractivity contribution in [2.75, 3.05) is 5.32 Å². The van der Waals surface area contributed by atoms with Crippen LogP contribution in [0.15, 0.2) is 24.3 Å². The molecular weight excluding hydrogens is 242 g/mol. The van der Waals surface area contributed by atoms with Crippen LogP contribution in [0.2, 0.25) is 0 Å². The summed E-state index contributed by atoms with van der Waals surface area (Å²) >= 11 is 0. The van der Waals surface area contributed by atoms with Crippen molar-refractivity contribution < 1.29 is 18.3 Å². The van der Waals surface area contributed by atoms with Crippen LogP contribution in [-0.2, 0) is 4.79 Å². The number of hydrogen-bond donors (Lipinski definition) is 2. The number of benzene rings is 1. The van der Waals surface area contributed by atoms with Gasteiger partial charge in [-0.25, -0.2) is 0 Å². The lowest BCUT2D eigenvalue weighted by Crippen LogP contribution is -2.19. The summed E-state index contributed by atoms with van der Waals surface area (Å²) in [7, 11) is 0. The molecule has 1 amide bonds. The molecule has 6 heteroatoms. The molecule has 1 rings (SSSR count). The maximum atomic E-state index is 12.1. The van der Waals surface area contributed by atoms with Gasteiger partial charge in [0, 0.05) is 12.5 Å². The molecule has 0 fully saturated rings. The van der Waals surface area contributed by atoms with Crippen molar-refractivity contribution in [3.05, 3.63) is 24.3 Å². The summed E-state index contributed by atoms with van der Waals surface area (Å²) < 4.78 is 28.6. The van der Waals surface area contributed by atoms with Crippen LogP contribution in [0.4, 0.5) is 14.5 Å². The summed E-state index contributed by atoms with van der Waals surface area (Å²) in [5.41, 5.74) is 5.76. The summed E-state index contributed by atoms with van der Waals surface area (Å²) in [6.45, 7) is -1.13. The third-order valence-electron chi connectivity index (χ3n) is 2.20. The minimum absolute atomic E-state index is 0.0540. The van der Waals surface area contributed by atoms with Gasteiger partial charge in [-0.1, -0.05) is 12.1 Å². The molecule has 0 heterocycles. The van der Waals surface area contributed by atoms with Gasteiger partial charge in [-0.05, 0) is 25.5 Å². The lowest BCUT2D eigenvalue weighted by molar-refractivity contribution is -0.116. The van der Waals surface area contributed by atoms with Gasteiger partial charge in [-0.2, -0.15) is 8.78 Å². The third-order valence-corrected chi connectivity index (χ3v) is 2.20. The Hall–Kier alpha value is -1.69. The monoisotopic (exact) mass is 258 g/mol. The average molecular weight is 258 g/mol. The second-order valence-electron chi connectivity index (χ2n) is 3.94. The van der Waals surface area contributed by atoms with Crippen LogP contribution in [0.1, 0.15) is 19.8 Å². The van der Waals surface area contributed by atoms with Crippen LogP contribution in [0.25, 0.3) is 0 Å². The van der Waals surface area contributed by atoms with Crippen molar-refractivity contribution >= 4 is 11.6 Å². The average Bonchev–Trinajstić information content (AvgIpc) is 2.28. The Bertz CT molecular complexity index is 397. The quantitative estimate of drug-likeness (QED) is 0.823. The molecule has 100 valence electrons. The van der Waals surface area contributed by atoms with Crippen LogP contribution >= 0.6 is 0 Å². The minimum atomic E-state index is -2.92. The molecule has 1 atom stereocenters. The fourth-order valence-corrected chi connectivity index (χ4v) is 1.34. The van der Waals surface area contributed by atoms with Gasteiger partial charge in [-0.15, -0.1) is 0 Å². The number of nitrogens with two attached hydrogens (primary N) is 1. The van der Waals surface area contributed by atoms with Gasteiger partial charge in [-0.3, -0.25) is 4.79 Å². The van der Waals surface area contributed by atoms with E-state index < -0.39 is 6.61 Å². The van der Waals surface area contributed by atoms with E-state index in [0.29, 0.717) is 6.42 Å². The number of rotatable bonds is 6. The molecule has 0 aliphatic heterocycles. The lowest BCUT2D eigenvalue weighted by atomic mass is 10.2. The van der Waals surface area contributed by atoms with Gasteiger partial charge in [0.05, 0.1) is 5.69 Å². The van der Waals surface area contributed by atoms with Gasteiger partial charge >= 0.3 is 6.61 Å². The lowest BCUT2D eigenvalue weighted by Gasteiger charge is -2.12. The number of halogens is 2. The molecule has 0 spiro atoms. The van der Waals surface area contributed by atoms with E-state index in [9.17, 15) is 13.6 Å². The van der Waals surface area contributed by atoms with Gasteiger partial charge in [0.1, 0.15) is 5.75 Å². The third kappa shape index (κ3) is 5.09. The molecular formula is C12H16F2N2O2. The molecule has 1 aromatic rings. The maximum absolute atomic E-state index is 12.1. The van der Waals surface area contributed by atoms with Gasteiger partial charge in [0.25, 0.3) is 0 Å². The van der Waals surface area contributed by atoms with E-state index in [1.165, 1.54) is 12.1 Å². The number of amides is 1. The van der Waals surface area contributed by atoms with Crippen LogP contribution in [-0.4, -0.2) is 18.6 Å². The second kappa shape index (κ2) is 6.90. The zero-order valence-electron chi connectivity index (χ0n) is 10.0. The number of nitrogens with one attached hydrogen (secondary N) is 1. The predicted molar refractivity (Wildman–Crippen MR) is 64.6 cm³/mol. The Morgan fingerprint density at radius 2 is 2.11 bits per heavy atom. The molecule has 0 aliphatic rings. The Morgan fingerprint density at radius 3 is 2.72 bits per heavy atom. The first kappa shape index (κ1) is 14.4. The Kier molecular flexibility index (Phi) is 5.51. The minimum Gasteiger partial charge on any atom is -0.433 e. The van der Waals surface area contributed by atoms with E-state index in [1.807, 2.05) is 0 Å². The summed E-state index contributed by atoms with van der Waals surface area (Å²) in [5, 5.41) is 2.52. The number of ether oxygens (including phenoxy) is 1. The highest BCUT2D eigenvalue weighted by Crippen LogP contribution is 2.25. The predicted octanol–water partition coefficient (Wildman–Crippen LogP) is 2.35. The van der Waals surface area contributed by atoms with Gasteiger partial charge in [0.15, 0.2) is 0 Å². The number of carbonyl (C=O) groups excluding carboxylic acids is 1. The molecule has 1 unspecified atom stereocenters. The van der Waals surface area contributed by atoms with Crippen molar-refractivity contribution in [1.82, 2.24) is 0 Å². The molecule has 0 saturated carbocycles. The summed E-state index contributed by atoms with van der Waals surface area (Å²) in [6, 6.07) is 5.97. The highest BCUT2D eigenvalue weighted by atomic mass is 19.3. The smallest absolute Gasteiger partial charge is 0.387 e. The first-order chi connectivity index (χ1) is 8.49. The fourth-order valence-electron chi connectivity index (χ4n) is 1.34. The zero-order chi connectivity index (χ0) is 13.5. The number of para-hydroxylation sites is 2. The number of carbonyl (C=O) groups is 1. The van der Waals surface area contributed by atoms with Crippen molar-refractivity contribution in [2.24, 2.45) is 5.73 Å². The first-order valence-electron chi connectivity index (χ1n) is 5.58. The van der Waals surface area contributed by atoms with Crippen LogP contribution in [0, 0.1) is 0 Å². The van der Waals surface area contributed by atoms with Gasteiger partial charge in [0.2, 0.25) is 5.91 Å². The zero-order valence-corrected chi connectivity index (χ0v) is 10.0. The van der Waals surface area contributed by atoms with Gasteiger partial charge < -0.3 is 15.8 Å².